The minimum absolute atomic E-state index is 0.186. The molecule has 5 heteroatoms. The van der Waals surface area contributed by atoms with E-state index >= 15 is 0 Å². The van der Waals surface area contributed by atoms with E-state index in [4.69, 9.17) is 6.42 Å². The van der Waals surface area contributed by atoms with E-state index in [1.165, 1.54) is 12.3 Å². The standard InChI is InChI=1S/C12H7BrFN3/c1-2-4-8-7-15-12(16-8)17-11-9(13)5-3-6-10(11)14/h1,3,5-7H,4H2. The highest BCUT2D eigenvalue weighted by atomic mass is 79.9. The van der Waals surface area contributed by atoms with Crippen molar-refractivity contribution in [1.82, 2.24) is 0 Å². The van der Waals surface area contributed by atoms with E-state index in [1.807, 2.05) is 0 Å². The summed E-state index contributed by atoms with van der Waals surface area (Å²) in [6.07, 6.45) is 7.08. The van der Waals surface area contributed by atoms with Crippen LogP contribution in [0.1, 0.15) is 6.42 Å². The Labute approximate surface area is 106 Å². The van der Waals surface area contributed by atoms with Crippen LogP contribution in [-0.2, 0) is 0 Å². The second-order valence-electron chi connectivity index (χ2n) is 3.22. The summed E-state index contributed by atoms with van der Waals surface area (Å²) < 4.78 is 14.0. The zero-order valence-electron chi connectivity index (χ0n) is 8.69. The number of guanidine groups is 1. The molecule has 0 radical (unpaired) electrons. The second-order valence-corrected chi connectivity index (χ2v) is 4.08. The molecule has 1 aromatic carbocycles. The molecule has 1 aliphatic heterocycles. The molecule has 0 unspecified atom stereocenters. The number of aliphatic imine (C=N–C) groups is 3. The summed E-state index contributed by atoms with van der Waals surface area (Å²) >= 11 is 3.22. The van der Waals surface area contributed by atoms with Gasteiger partial charge in [0.25, 0.3) is 0 Å². The third kappa shape index (κ3) is 2.66. The van der Waals surface area contributed by atoms with Crippen LogP contribution in [0.25, 0.3) is 0 Å². The van der Waals surface area contributed by atoms with Gasteiger partial charge in [0.2, 0.25) is 5.96 Å². The molecule has 0 bridgehead atoms. The first kappa shape index (κ1) is 11.7. The van der Waals surface area contributed by atoms with Gasteiger partial charge in [-0.25, -0.2) is 19.4 Å². The Balaban J connectivity index is 2.34. The molecule has 0 amide bonds. The minimum Gasteiger partial charge on any atom is -0.218 e. The quantitative estimate of drug-likeness (QED) is 0.751. The Morgan fingerprint density at radius 1 is 1.47 bits per heavy atom. The molecule has 1 heterocycles. The molecule has 0 aliphatic carbocycles. The number of hydrogen-bond acceptors (Lipinski definition) is 1. The van der Waals surface area contributed by atoms with Gasteiger partial charge in [0.15, 0.2) is 0 Å². The lowest BCUT2D eigenvalue weighted by molar-refractivity contribution is 0.629. The molecule has 0 aromatic heterocycles. The first-order valence-corrected chi connectivity index (χ1v) is 5.58. The molecule has 17 heavy (non-hydrogen) atoms. The Bertz CT molecular complexity index is 562. The largest absolute Gasteiger partial charge is 0.250 e. The van der Waals surface area contributed by atoms with Crippen LogP contribution in [0, 0.1) is 18.2 Å². The van der Waals surface area contributed by atoms with Crippen LogP contribution >= 0.6 is 15.9 Å². The van der Waals surface area contributed by atoms with Gasteiger partial charge in [-0.3, -0.25) is 0 Å². The third-order valence-corrected chi connectivity index (χ3v) is 2.65. The van der Waals surface area contributed by atoms with Gasteiger partial charge in [-0.05, 0) is 28.1 Å². The number of para-hydroxylation sites is 1. The van der Waals surface area contributed by atoms with Crippen molar-refractivity contribution in [2.75, 3.05) is 0 Å². The van der Waals surface area contributed by atoms with E-state index in [9.17, 15) is 4.39 Å². The zero-order valence-corrected chi connectivity index (χ0v) is 10.3. The molecule has 0 saturated carbocycles. The van der Waals surface area contributed by atoms with E-state index in [0.29, 0.717) is 16.6 Å². The zero-order chi connectivity index (χ0) is 12.3. The van der Waals surface area contributed by atoms with Crippen molar-refractivity contribution >= 4 is 39.5 Å². The molecular weight excluding hydrogens is 285 g/mol. The van der Waals surface area contributed by atoms with Gasteiger partial charge in [-0.2, -0.15) is 0 Å². The molecule has 84 valence electrons. The number of terminal acetylenes is 1. The summed E-state index contributed by atoms with van der Waals surface area (Å²) in [6.45, 7) is 0. The van der Waals surface area contributed by atoms with Crippen molar-refractivity contribution < 1.29 is 4.39 Å². The maximum absolute atomic E-state index is 13.5. The highest BCUT2D eigenvalue weighted by Gasteiger charge is 2.10. The van der Waals surface area contributed by atoms with Gasteiger partial charge < -0.3 is 0 Å². The highest BCUT2D eigenvalue weighted by Crippen LogP contribution is 2.28. The number of hydrogen-bond donors (Lipinski definition) is 0. The molecule has 3 nitrogen and oxygen atoms in total. The second kappa shape index (κ2) is 5.02. The number of halogens is 2. The smallest absolute Gasteiger partial charge is 0.218 e. The van der Waals surface area contributed by atoms with E-state index in [2.05, 4.69) is 36.8 Å². The van der Waals surface area contributed by atoms with E-state index < -0.39 is 5.82 Å². The molecule has 0 N–H and O–H groups in total. The van der Waals surface area contributed by atoms with Crippen molar-refractivity contribution in [3.8, 4) is 12.3 Å². The number of rotatable bonds is 2. The molecule has 1 aliphatic rings. The normalized spacial score (nSPS) is 16.1. The lowest BCUT2D eigenvalue weighted by Gasteiger charge is -1.99. The maximum atomic E-state index is 13.5. The fourth-order valence-corrected chi connectivity index (χ4v) is 1.69. The van der Waals surface area contributed by atoms with Gasteiger partial charge >= 0.3 is 0 Å². The highest BCUT2D eigenvalue weighted by molar-refractivity contribution is 9.10. The molecule has 1 aromatic rings. The Morgan fingerprint density at radius 3 is 3.00 bits per heavy atom. The van der Waals surface area contributed by atoms with E-state index in [0.717, 1.165) is 0 Å². The van der Waals surface area contributed by atoms with Crippen LogP contribution in [0.4, 0.5) is 10.1 Å². The van der Waals surface area contributed by atoms with Gasteiger partial charge in [0.05, 0.1) is 18.3 Å². The van der Waals surface area contributed by atoms with Crippen molar-refractivity contribution in [2.45, 2.75) is 6.42 Å². The summed E-state index contributed by atoms with van der Waals surface area (Å²) in [4.78, 5) is 12.1. The monoisotopic (exact) mass is 291 g/mol. The maximum Gasteiger partial charge on any atom is 0.250 e. The van der Waals surface area contributed by atoms with E-state index in [1.54, 1.807) is 12.1 Å². The molecule has 0 spiro atoms. The molecule has 2 rings (SSSR count). The van der Waals surface area contributed by atoms with Crippen LogP contribution < -0.4 is 0 Å². The van der Waals surface area contributed by atoms with Crippen molar-refractivity contribution in [3.63, 3.8) is 0 Å². The van der Waals surface area contributed by atoms with E-state index in [-0.39, 0.29) is 11.6 Å². The van der Waals surface area contributed by atoms with Crippen LogP contribution in [0.2, 0.25) is 0 Å². The van der Waals surface area contributed by atoms with Crippen molar-refractivity contribution in [1.29, 1.82) is 0 Å². The fraction of sp³-hybridized carbons (Fsp3) is 0.0833. The summed E-state index contributed by atoms with van der Waals surface area (Å²) in [5.41, 5.74) is 0.837. The molecule has 0 saturated heterocycles. The predicted molar refractivity (Wildman–Crippen MR) is 70.6 cm³/mol. The van der Waals surface area contributed by atoms with Gasteiger partial charge in [0, 0.05) is 4.47 Å². The lowest BCUT2D eigenvalue weighted by atomic mass is 10.3. The van der Waals surface area contributed by atoms with Crippen molar-refractivity contribution in [3.05, 3.63) is 28.5 Å². The first-order chi connectivity index (χ1) is 8.20. The number of benzene rings is 1. The first-order valence-electron chi connectivity index (χ1n) is 4.78. The molecule has 0 atom stereocenters. The van der Waals surface area contributed by atoms with Gasteiger partial charge in [-0.15, -0.1) is 12.3 Å². The van der Waals surface area contributed by atoms with Crippen LogP contribution in [0.15, 0.2) is 37.6 Å². The fourth-order valence-electron chi connectivity index (χ4n) is 1.26. The summed E-state index contributed by atoms with van der Waals surface area (Å²) in [5, 5.41) is 0. The van der Waals surface area contributed by atoms with Crippen LogP contribution in [-0.4, -0.2) is 17.9 Å². The Kier molecular flexibility index (Phi) is 3.45. The van der Waals surface area contributed by atoms with Crippen LogP contribution in [0.5, 0.6) is 0 Å². The van der Waals surface area contributed by atoms with Crippen LogP contribution in [0.3, 0.4) is 0 Å². The summed E-state index contributed by atoms with van der Waals surface area (Å²) in [6, 6.07) is 4.62. The predicted octanol–water partition coefficient (Wildman–Crippen LogP) is 3.12. The summed E-state index contributed by atoms with van der Waals surface area (Å²) in [7, 11) is 0. The average Bonchev–Trinajstić information content (AvgIpc) is 2.72. The Morgan fingerprint density at radius 2 is 2.29 bits per heavy atom. The average molecular weight is 292 g/mol. The third-order valence-electron chi connectivity index (χ3n) is 2.01. The molecular formula is C12H7BrFN3. The summed E-state index contributed by atoms with van der Waals surface area (Å²) in [5.74, 6) is 2.24. The lowest BCUT2D eigenvalue weighted by Crippen LogP contribution is -1.93. The minimum atomic E-state index is -0.428. The number of nitrogens with zero attached hydrogens (tertiary/aromatic N) is 3. The topological polar surface area (TPSA) is 37.1 Å². The van der Waals surface area contributed by atoms with Crippen molar-refractivity contribution in [2.24, 2.45) is 15.0 Å². The van der Waals surface area contributed by atoms with Gasteiger partial charge in [-0.1, -0.05) is 6.07 Å². The van der Waals surface area contributed by atoms with Gasteiger partial charge in [0.1, 0.15) is 11.5 Å². The SMILES string of the molecule is C#CCC1=NC(=Nc2c(F)cccc2Br)N=C1. The molecule has 0 fully saturated rings. The Hall–Kier alpha value is -1.80.